The van der Waals surface area contributed by atoms with E-state index in [0.29, 0.717) is 11.9 Å². The van der Waals surface area contributed by atoms with E-state index in [9.17, 15) is 4.79 Å². The fraction of sp³-hybridized carbons (Fsp3) is 0.750. The largest absolute Gasteiger partial charge is 0.356 e. The van der Waals surface area contributed by atoms with E-state index in [4.69, 9.17) is 0 Å². The number of hydrogen-bond donors (Lipinski definition) is 2. The summed E-state index contributed by atoms with van der Waals surface area (Å²) in [4.78, 5) is 23.2. The van der Waals surface area contributed by atoms with Crippen LogP contribution in [-0.4, -0.2) is 59.0 Å². The lowest BCUT2D eigenvalue weighted by Gasteiger charge is -2.21. The van der Waals surface area contributed by atoms with Crippen molar-refractivity contribution in [3.8, 4) is 0 Å². The van der Waals surface area contributed by atoms with E-state index >= 15 is 0 Å². The fourth-order valence-electron chi connectivity index (χ4n) is 4.15. The third-order valence-corrected chi connectivity index (χ3v) is 5.81. The summed E-state index contributed by atoms with van der Waals surface area (Å²) in [7, 11) is 1.81. The van der Waals surface area contributed by atoms with E-state index in [1.807, 2.05) is 24.2 Å². The number of amides is 1. The lowest BCUT2D eigenvalue weighted by molar-refractivity contribution is -0.134. The molecular formula is C20H34N6O. The van der Waals surface area contributed by atoms with Gasteiger partial charge < -0.3 is 20.1 Å². The van der Waals surface area contributed by atoms with Gasteiger partial charge in [0.1, 0.15) is 5.82 Å². The number of nitrogens with one attached hydrogen (secondary N) is 2. The van der Waals surface area contributed by atoms with Gasteiger partial charge in [-0.3, -0.25) is 9.79 Å². The van der Waals surface area contributed by atoms with Crippen LogP contribution in [0, 0.1) is 12.8 Å². The maximum absolute atomic E-state index is 12.6. The molecule has 3 rings (SSSR count). The third kappa shape index (κ3) is 5.47. The number of imidazole rings is 1. The molecule has 7 heteroatoms. The molecule has 1 saturated heterocycles. The van der Waals surface area contributed by atoms with Crippen LogP contribution < -0.4 is 10.6 Å². The minimum atomic E-state index is 0.278. The van der Waals surface area contributed by atoms with Crippen LogP contribution in [0.2, 0.25) is 0 Å². The van der Waals surface area contributed by atoms with Gasteiger partial charge in [-0.15, -0.1) is 0 Å². The number of rotatable bonds is 7. The third-order valence-electron chi connectivity index (χ3n) is 5.81. The zero-order valence-corrected chi connectivity index (χ0v) is 16.8. The normalized spacial score (nSPS) is 21.0. The van der Waals surface area contributed by atoms with Gasteiger partial charge in [-0.1, -0.05) is 12.8 Å². The van der Waals surface area contributed by atoms with Crippen LogP contribution in [0.1, 0.15) is 50.8 Å². The van der Waals surface area contributed by atoms with E-state index < -0.39 is 0 Å². The van der Waals surface area contributed by atoms with Crippen molar-refractivity contribution in [2.45, 2.75) is 64.5 Å². The molecule has 1 amide bonds. The zero-order valence-electron chi connectivity index (χ0n) is 16.8. The Morgan fingerprint density at radius 1 is 1.30 bits per heavy atom. The van der Waals surface area contributed by atoms with Crippen LogP contribution in [0.15, 0.2) is 17.4 Å². The van der Waals surface area contributed by atoms with Gasteiger partial charge in [0.05, 0.1) is 0 Å². The number of guanidine groups is 1. The molecule has 2 heterocycles. The number of hydrogen-bond acceptors (Lipinski definition) is 3. The molecule has 2 N–H and O–H groups in total. The molecule has 1 unspecified atom stereocenters. The highest BCUT2D eigenvalue weighted by molar-refractivity contribution is 5.81. The van der Waals surface area contributed by atoms with Crippen molar-refractivity contribution in [3.63, 3.8) is 0 Å². The smallest absolute Gasteiger partial charge is 0.225 e. The van der Waals surface area contributed by atoms with Gasteiger partial charge in [-0.05, 0) is 39.0 Å². The molecule has 1 aliphatic heterocycles. The van der Waals surface area contributed by atoms with Crippen molar-refractivity contribution in [2.75, 3.05) is 26.7 Å². The Hall–Kier alpha value is -2.05. The molecule has 150 valence electrons. The first-order valence-corrected chi connectivity index (χ1v) is 10.4. The number of aliphatic imine (C=N–C) groups is 1. The minimum absolute atomic E-state index is 0.278. The summed E-state index contributed by atoms with van der Waals surface area (Å²) >= 11 is 0. The second kappa shape index (κ2) is 9.76. The maximum Gasteiger partial charge on any atom is 0.225 e. The van der Waals surface area contributed by atoms with Gasteiger partial charge in [0, 0.05) is 57.6 Å². The van der Waals surface area contributed by atoms with Gasteiger partial charge in [0.15, 0.2) is 5.96 Å². The van der Waals surface area contributed by atoms with Gasteiger partial charge in [0.2, 0.25) is 5.91 Å². The molecule has 1 atom stereocenters. The summed E-state index contributed by atoms with van der Waals surface area (Å²) in [5, 5.41) is 6.89. The van der Waals surface area contributed by atoms with Crippen LogP contribution in [0.3, 0.4) is 0 Å². The van der Waals surface area contributed by atoms with E-state index in [-0.39, 0.29) is 5.92 Å². The topological polar surface area (TPSA) is 74.6 Å². The summed E-state index contributed by atoms with van der Waals surface area (Å²) in [5.74, 6) is 2.56. The number of likely N-dealkylation sites (tertiary alicyclic amines) is 1. The molecule has 0 aromatic carbocycles. The highest BCUT2D eigenvalue weighted by Gasteiger charge is 2.32. The predicted octanol–water partition coefficient (Wildman–Crippen LogP) is 1.93. The lowest BCUT2D eigenvalue weighted by atomic mass is 10.1. The molecule has 1 aromatic rings. The average molecular weight is 375 g/mol. The second-order valence-electron chi connectivity index (χ2n) is 7.77. The Morgan fingerprint density at radius 2 is 2.11 bits per heavy atom. The Labute approximate surface area is 162 Å². The maximum atomic E-state index is 12.6. The van der Waals surface area contributed by atoms with E-state index in [2.05, 4.69) is 25.2 Å². The lowest BCUT2D eigenvalue weighted by Crippen LogP contribution is -2.45. The van der Waals surface area contributed by atoms with Crippen molar-refractivity contribution in [3.05, 3.63) is 18.2 Å². The zero-order chi connectivity index (χ0) is 19.1. The van der Waals surface area contributed by atoms with Crippen molar-refractivity contribution in [2.24, 2.45) is 10.9 Å². The molecule has 27 heavy (non-hydrogen) atoms. The number of aromatic nitrogens is 2. The summed E-state index contributed by atoms with van der Waals surface area (Å²) < 4.78 is 2.18. The van der Waals surface area contributed by atoms with Crippen LogP contribution >= 0.6 is 0 Å². The fourth-order valence-corrected chi connectivity index (χ4v) is 4.15. The first kappa shape index (κ1) is 19.7. The van der Waals surface area contributed by atoms with Gasteiger partial charge >= 0.3 is 0 Å². The van der Waals surface area contributed by atoms with Crippen LogP contribution in [0.25, 0.3) is 0 Å². The Balaban J connectivity index is 1.33. The van der Waals surface area contributed by atoms with Crippen molar-refractivity contribution in [1.29, 1.82) is 0 Å². The monoisotopic (exact) mass is 374 g/mol. The molecule has 7 nitrogen and oxygen atoms in total. The Bertz CT molecular complexity index is 634. The summed E-state index contributed by atoms with van der Waals surface area (Å²) in [6.07, 6.45) is 11.6. The van der Waals surface area contributed by atoms with E-state index in [1.165, 1.54) is 12.8 Å². The van der Waals surface area contributed by atoms with Crippen LogP contribution in [0.4, 0.5) is 0 Å². The summed E-state index contributed by atoms with van der Waals surface area (Å²) in [6.45, 7) is 5.60. The van der Waals surface area contributed by atoms with Crippen molar-refractivity contribution >= 4 is 11.9 Å². The number of nitrogens with zero attached hydrogens (tertiary/aromatic N) is 4. The standard InChI is InChI=1S/C20H34N6O/c1-16-22-11-14-25(16)12-6-5-10-23-20(21-2)24-18-9-13-26(15-18)19(27)17-7-3-4-8-17/h11,14,17-18H,3-10,12-13,15H2,1-2H3,(H2,21,23,24). The van der Waals surface area contributed by atoms with Crippen molar-refractivity contribution in [1.82, 2.24) is 25.1 Å². The molecule has 2 fully saturated rings. The number of aryl methyl sites for hydroxylation is 2. The molecule has 2 aliphatic rings. The van der Waals surface area contributed by atoms with E-state index in [1.54, 1.807) is 7.05 Å². The summed E-state index contributed by atoms with van der Waals surface area (Å²) in [5.41, 5.74) is 0. The molecule has 1 saturated carbocycles. The predicted molar refractivity (Wildman–Crippen MR) is 108 cm³/mol. The SMILES string of the molecule is CN=C(NCCCCn1ccnc1C)NC1CCN(C(=O)C2CCCC2)C1. The molecule has 1 aromatic heterocycles. The molecule has 0 spiro atoms. The van der Waals surface area contributed by atoms with Crippen molar-refractivity contribution < 1.29 is 4.79 Å². The molecule has 1 aliphatic carbocycles. The molecule has 0 radical (unpaired) electrons. The van der Waals surface area contributed by atoms with Gasteiger partial charge in [0.25, 0.3) is 0 Å². The number of carbonyl (C=O) groups excluding carboxylic acids is 1. The number of unbranched alkanes of at least 4 members (excludes halogenated alkanes) is 1. The first-order chi connectivity index (χ1) is 13.2. The highest BCUT2D eigenvalue weighted by atomic mass is 16.2. The van der Waals surface area contributed by atoms with Crippen LogP contribution in [-0.2, 0) is 11.3 Å². The second-order valence-corrected chi connectivity index (χ2v) is 7.77. The Morgan fingerprint density at radius 3 is 2.81 bits per heavy atom. The summed E-state index contributed by atoms with van der Waals surface area (Å²) in [6, 6.07) is 0.301. The van der Waals surface area contributed by atoms with Gasteiger partial charge in [-0.2, -0.15) is 0 Å². The molecule has 0 bridgehead atoms. The minimum Gasteiger partial charge on any atom is -0.356 e. The average Bonchev–Trinajstić information content (AvgIpc) is 3.42. The quantitative estimate of drug-likeness (QED) is 0.434. The Kier molecular flexibility index (Phi) is 7.12. The molecular weight excluding hydrogens is 340 g/mol. The number of carbonyl (C=O) groups is 1. The highest BCUT2D eigenvalue weighted by Crippen LogP contribution is 2.27. The first-order valence-electron chi connectivity index (χ1n) is 10.4. The van der Waals surface area contributed by atoms with Gasteiger partial charge in [-0.25, -0.2) is 4.98 Å². The van der Waals surface area contributed by atoms with E-state index in [0.717, 1.165) is 70.1 Å². The van der Waals surface area contributed by atoms with Crippen LogP contribution in [0.5, 0.6) is 0 Å².